The number of carboxylic acids is 4. The highest BCUT2D eigenvalue weighted by Gasteiger charge is 2.64. The molecule has 4 aliphatic rings. The smallest absolute Gasteiger partial charge is 0.364 e. The van der Waals surface area contributed by atoms with Gasteiger partial charge in [-0.15, -0.1) is 0 Å². The summed E-state index contributed by atoms with van der Waals surface area (Å²) in [7, 11) is 0. The first-order chi connectivity index (χ1) is 41.6. The lowest BCUT2D eigenvalue weighted by Gasteiger charge is -2.51. The summed E-state index contributed by atoms with van der Waals surface area (Å²) in [6.45, 7) is -0.405. The van der Waals surface area contributed by atoms with Crippen LogP contribution in [-0.4, -0.2) is 312 Å². The molecule has 0 saturated carbocycles. The average Bonchev–Trinajstić information content (AvgIpc) is 1.31. The zero-order chi connectivity index (χ0) is 67.3. The summed E-state index contributed by atoms with van der Waals surface area (Å²) in [5.41, 5.74) is 0. The molecule has 0 aromatic heterocycles. The second kappa shape index (κ2) is 33.0. The summed E-state index contributed by atoms with van der Waals surface area (Å²) >= 11 is 0. The Kier molecular flexibility index (Phi) is 28.3. The third kappa shape index (κ3) is 18.4. The molecule has 24 atom stereocenters. The Hall–Kier alpha value is -5.08. The molecule has 0 aromatic carbocycles. The van der Waals surface area contributed by atoms with E-state index in [4.69, 9.17) is 37.9 Å². The first-order valence-electron chi connectivity index (χ1n) is 28.6. The highest BCUT2D eigenvalue weighted by atomic mass is 16.8. The minimum absolute atomic E-state index is 0.264. The lowest BCUT2D eigenvalue weighted by atomic mass is 9.86. The molecule has 0 bridgehead atoms. The number of aliphatic hydroxyl groups is 13. The fourth-order valence-electron chi connectivity index (χ4n) is 11.2. The number of aliphatic hydroxyl groups excluding tert-OH is 13. The fourth-order valence-corrected chi connectivity index (χ4v) is 11.2. The van der Waals surface area contributed by atoms with E-state index in [-0.39, 0.29) is 6.61 Å². The molecule has 4 fully saturated rings. The van der Waals surface area contributed by atoms with Crippen LogP contribution >= 0.6 is 0 Å². The van der Waals surface area contributed by atoms with Gasteiger partial charge in [0.15, 0.2) is 0 Å². The summed E-state index contributed by atoms with van der Waals surface area (Å²) in [4.78, 5) is 103. The van der Waals surface area contributed by atoms with Crippen molar-refractivity contribution in [1.82, 2.24) is 21.3 Å². The molecule has 89 heavy (non-hydrogen) atoms. The number of carbonyl (C=O) groups excluding carboxylic acids is 4. The molecule has 37 nitrogen and oxygen atoms in total. The minimum atomic E-state index is -3.54. The van der Waals surface area contributed by atoms with Crippen molar-refractivity contribution in [3.63, 3.8) is 0 Å². The zero-order valence-electron chi connectivity index (χ0n) is 49.3. The van der Waals surface area contributed by atoms with Gasteiger partial charge in [0.25, 0.3) is 23.1 Å². The van der Waals surface area contributed by atoms with E-state index in [0.29, 0.717) is 12.8 Å². The molecule has 4 rings (SSSR count). The number of ether oxygens (including phenoxy) is 8. The molecule has 0 aliphatic carbocycles. The molecular weight excluding hydrogens is 1210 g/mol. The van der Waals surface area contributed by atoms with Crippen LogP contribution in [0.2, 0.25) is 0 Å². The number of amides is 4. The highest BCUT2D eigenvalue weighted by molar-refractivity contribution is 5.79. The second-order valence-electron chi connectivity index (χ2n) is 22.4. The van der Waals surface area contributed by atoms with Crippen molar-refractivity contribution in [3.05, 3.63) is 0 Å². The van der Waals surface area contributed by atoms with E-state index in [2.05, 4.69) is 21.3 Å². The third-order valence-electron chi connectivity index (χ3n) is 15.5. The fraction of sp³-hybridized carbons (Fsp3) is 0.846. The van der Waals surface area contributed by atoms with Gasteiger partial charge < -0.3 is 146 Å². The van der Waals surface area contributed by atoms with Gasteiger partial charge in [0, 0.05) is 53.4 Å². The van der Waals surface area contributed by atoms with Crippen molar-refractivity contribution in [2.45, 2.75) is 244 Å². The number of carbonyl (C=O) groups is 8. The van der Waals surface area contributed by atoms with Crippen molar-refractivity contribution in [1.29, 1.82) is 0 Å². The van der Waals surface area contributed by atoms with Gasteiger partial charge in [-0.25, -0.2) is 19.2 Å². The third-order valence-corrected chi connectivity index (χ3v) is 15.5. The summed E-state index contributed by atoms with van der Waals surface area (Å²) in [6.07, 6.45) is -38.3. The van der Waals surface area contributed by atoms with Crippen LogP contribution in [0.15, 0.2) is 0 Å². The van der Waals surface area contributed by atoms with Crippen molar-refractivity contribution < 1.29 is 163 Å². The van der Waals surface area contributed by atoms with Gasteiger partial charge in [-0.2, -0.15) is 0 Å². The van der Waals surface area contributed by atoms with Gasteiger partial charge in [0.2, 0.25) is 23.6 Å². The Labute approximate surface area is 507 Å². The first-order valence-corrected chi connectivity index (χ1v) is 28.6. The van der Waals surface area contributed by atoms with Crippen LogP contribution in [0.5, 0.6) is 0 Å². The van der Waals surface area contributed by atoms with Crippen molar-refractivity contribution >= 4 is 47.5 Å². The molecule has 21 N–H and O–H groups in total. The molecule has 4 aliphatic heterocycles. The van der Waals surface area contributed by atoms with E-state index in [1.807, 2.05) is 6.92 Å². The molecule has 0 unspecified atom stereocenters. The SMILES string of the molecule is CCCCCCCCO[C@]1(C(=O)O)C[C@H](O)[C@@H](NC(C)=O)[C@H]([C@H](O)[C@@H](CO)O[C@]2(C(=O)O)C[C@H](O)[C@@H](NC(C)=O)[C@H]([C@H](O)[C@@H](CO)O[C@]3(C(=O)O)C[C@H](O)[C@@H](NC(C)=O)[C@H]([C@H](O)[C@@H](CO)O[C@]4(C(=O)O)C[C@H](O)[C@@H](NC(C)=O)[C@H]([C@H](O)[C@H](O)CO)O4)O3)O2)O1. The van der Waals surface area contributed by atoms with E-state index in [9.17, 15) is 125 Å². The molecule has 4 heterocycles. The predicted octanol–water partition coefficient (Wildman–Crippen LogP) is -8.97. The maximum absolute atomic E-state index is 13.5. The summed E-state index contributed by atoms with van der Waals surface area (Å²) in [5.74, 6) is -25.4. The topological polar surface area (TPSA) is 602 Å². The van der Waals surface area contributed by atoms with Crippen molar-refractivity contribution in [2.75, 3.05) is 33.0 Å². The molecule has 512 valence electrons. The number of rotatable bonds is 34. The Balaban J connectivity index is 1.77. The number of hydrogen-bond donors (Lipinski definition) is 21. The highest BCUT2D eigenvalue weighted by Crippen LogP contribution is 2.42. The maximum atomic E-state index is 13.5. The maximum Gasteiger partial charge on any atom is 0.364 e. The van der Waals surface area contributed by atoms with Gasteiger partial charge in [-0.1, -0.05) is 39.0 Å². The van der Waals surface area contributed by atoms with Crippen LogP contribution < -0.4 is 21.3 Å². The van der Waals surface area contributed by atoms with E-state index in [0.717, 1.165) is 53.4 Å². The number of carboxylic acid groups (broad SMARTS) is 4. The van der Waals surface area contributed by atoms with E-state index < -0.39 is 245 Å². The summed E-state index contributed by atoms with van der Waals surface area (Å²) in [6, 6.07) is -7.56. The molecule has 0 aromatic rings. The monoisotopic (exact) mass is 1290 g/mol. The van der Waals surface area contributed by atoms with Crippen LogP contribution in [0.4, 0.5) is 0 Å². The largest absolute Gasteiger partial charge is 0.477 e. The molecule has 0 radical (unpaired) electrons. The number of hydrogen-bond acceptors (Lipinski definition) is 29. The Morgan fingerprint density at radius 1 is 0.416 bits per heavy atom. The quantitative estimate of drug-likeness (QED) is 0.0266. The Morgan fingerprint density at radius 3 is 0.933 bits per heavy atom. The van der Waals surface area contributed by atoms with Crippen LogP contribution in [-0.2, 0) is 76.3 Å². The van der Waals surface area contributed by atoms with Crippen LogP contribution in [0.1, 0.15) is 98.8 Å². The van der Waals surface area contributed by atoms with E-state index >= 15 is 0 Å². The van der Waals surface area contributed by atoms with E-state index in [1.54, 1.807) is 0 Å². The number of unbranched alkanes of at least 4 members (excludes halogenated alkanes) is 5. The summed E-state index contributed by atoms with van der Waals surface area (Å²) in [5, 5.41) is 197. The van der Waals surface area contributed by atoms with Crippen molar-refractivity contribution in [3.8, 4) is 0 Å². The predicted molar refractivity (Wildman–Crippen MR) is 286 cm³/mol. The van der Waals surface area contributed by atoms with E-state index in [1.165, 1.54) is 0 Å². The number of nitrogens with one attached hydrogen (secondary N) is 4. The van der Waals surface area contributed by atoms with Crippen molar-refractivity contribution in [2.24, 2.45) is 0 Å². The summed E-state index contributed by atoms with van der Waals surface area (Å²) < 4.78 is 45.7. The lowest BCUT2D eigenvalue weighted by molar-refractivity contribution is -0.362. The van der Waals surface area contributed by atoms with Gasteiger partial charge >= 0.3 is 23.9 Å². The number of aliphatic carboxylic acids is 4. The lowest BCUT2D eigenvalue weighted by Crippen LogP contribution is -2.72. The average molecular weight is 1300 g/mol. The Bertz CT molecular complexity index is 2400. The van der Waals surface area contributed by atoms with Crippen LogP contribution in [0.3, 0.4) is 0 Å². The Morgan fingerprint density at radius 2 is 0.674 bits per heavy atom. The van der Waals surface area contributed by atoms with Gasteiger partial charge in [-0.3, -0.25) is 19.2 Å². The normalized spacial score (nSPS) is 35.1. The minimum Gasteiger partial charge on any atom is -0.477 e. The molecule has 4 amide bonds. The van der Waals surface area contributed by atoms with Gasteiger partial charge in [0.05, 0.1) is 81.6 Å². The molecular formula is C52H86N4O33. The zero-order valence-corrected chi connectivity index (χ0v) is 49.3. The standard InChI is InChI=1S/C52H86N4O33/c1-6-7-8-9-10-11-12-82-49(45(74)75)13-25(65)34(54-22(3)62)42(86-49)38(71)30(18-58)84-51(47(78)79)15-27(67)36(56-24(5)64)44(88-51)40(73)32(20-60)85-52(48(80)81)16-28(68)35(55-23(4)63)43(89-52)39(72)31(19-59)83-50(46(76)77)14-26(66)33(53-21(2)61)41(87-50)37(70)29(69)17-57/h25-44,57-60,65-73H,6-20H2,1-5H3,(H,53,61)(H,54,62)(H,55,63)(H,56,64)(H,74,75)(H,76,77)(H,78,79)(H,80,81)/t25-,26-,27-,28-,29+,30+,31+,32+,33+,34+,35+,36+,37+,38+,39+,40+,41+,42+,43+,44+,49+,50+,51+,52+/m0/s1. The molecule has 37 heteroatoms. The van der Waals surface area contributed by atoms with Crippen LogP contribution in [0, 0.1) is 0 Å². The molecule has 4 saturated heterocycles. The van der Waals surface area contributed by atoms with Gasteiger partial charge in [0.1, 0.15) is 73.2 Å². The van der Waals surface area contributed by atoms with Crippen LogP contribution in [0.25, 0.3) is 0 Å². The first kappa shape index (κ1) is 76.4. The van der Waals surface area contributed by atoms with Gasteiger partial charge in [-0.05, 0) is 6.42 Å². The molecule has 0 spiro atoms. The second-order valence-corrected chi connectivity index (χ2v) is 22.4.